The molecule has 0 aromatic carbocycles. The summed E-state index contributed by atoms with van der Waals surface area (Å²) in [6.45, 7) is 10.7. The Morgan fingerprint density at radius 3 is 2.20 bits per heavy atom. The summed E-state index contributed by atoms with van der Waals surface area (Å²) in [6.07, 6.45) is -1.30. The summed E-state index contributed by atoms with van der Waals surface area (Å²) in [4.78, 5) is 0. The van der Waals surface area contributed by atoms with Crippen molar-refractivity contribution >= 4 is 0 Å². The SMILES string of the molecule is C=C(/C=C/C(F)(F)F)/C(F)=C\C(=C)C(C)CCC(C)N. The molecule has 2 unspecified atom stereocenters. The average molecular weight is 291 g/mol. The molecule has 0 amide bonds. The third kappa shape index (κ3) is 8.69. The minimum atomic E-state index is -4.48. The first kappa shape index (κ1) is 18.6. The molecular formula is C15H21F4N. The Kier molecular flexibility index (Phi) is 7.50. The molecule has 0 saturated heterocycles. The first-order valence-electron chi connectivity index (χ1n) is 6.29. The van der Waals surface area contributed by atoms with E-state index in [0.29, 0.717) is 11.6 Å². The molecule has 0 heterocycles. The first-order valence-corrected chi connectivity index (χ1v) is 6.29. The van der Waals surface area contributed by atoms with Crippen molar-refractivity contribution in [1.82, 2.24) is 0 Å². The highest BCUT2D eigenvalue weighted by molar-refractivity contribution is 5.37. The fourth-order valence-corrected chi connectivity index (χ4v) is 1.37. The summed E-state index contributed by atoms with van der Waals surface area (Å²) >= 11 is 0. The van der Waals surface area contributed by atoms with Crippen molar-refractivity contribution < 1.29 is 17.6 Å². The van der Waals surface area contributed by atoms with Gasteiger partial charge in [0.2, 0.25) is 0 Å². The highest BCUT2D eigenvalue weighted by Crippen LogP contribution is 2.23. The van der Waals surface area contributed by atoms with Gasteiger partial charge in [0, 0.05) is 17.7 Å². The highest BCUT2D eigenvalue weighted by Gasteiger charge is 2.22. The van der Waals surface area contributed by atoms with Gasteiger partial charge in [-0.2, -0.15) is 13.2 Å². The molecular weight excluding hydrogens is 270 g/mol. The van der Waals surface area contributed by atoms with Gasteiger partial charge in [-0.05, 0) is 43.4 Å². The second kappa shape index (κ2) is 8.04. The van der Waals surface area contributed by atoms with Crippen LogP contribution in [-0.4, -0.2) is 12.2 Å². The average Bonchev–Trinajstić information content (AvgIpc) is 2.31. The Morgan fingerprint density at radius 2 is 1.75 bits per heavy atom. The van der Waals surface area contributed by atoms with Crippen LogP contribution in [0.1, 0.15) is 26.7 Å². The van der Waals surface area contributed by atoms with Crippen molar-refractivity contribution in [3.05, 3.63) is 48.4 Å². The van der Waals surface area contributed by atoms with Gasteiger partial charge in [-0.1, -0.05) is 20.1 Å². The molecule has 1 nitrogen and oxygen atoms in total. The molecule has 5 heteroatoms. The number of nitrogens with two attached hydrogens (primary N) is 1. The number of allylic oxidation sites excluding steroid dienone is 6. The van der Waals surface area contributed by atoms with Crippen LogP contribution < -0.4 is 5.73 Å². The maximum atomic E-state index is 13.6. The van der Waals surface area contributed by atoms with E-state index < -0.39 is 12.0 Å². The second-order valence-electron chi connectivity index (χ2n) is 4.92. The molecule has 0 spiro atoms. The normalized spacial score (nSPS) is 16.2. The zero-order chi connectivity index (χ0) is 15.9. The van der Waals surface area contributed by atoms with Crippen LogP contribution in [0, 0.1) is 5.92 Å². The monoisotopic (exact) mass is 291 g/mol. The number of hydrogen-bond acceptors (Lipinski definition) is 1. The number of hydrogen-bond donors (Lipinski definition) is 1. The Hall–Kier alpha value is -1.36. The minimum Gasteiger partial charge on any atom is -0.328 e. The van der Waals surface area contributed by atoms with E-state index in [4.69, 9.17) is 5.73 Å². The van der Waals surface area contributed by atoms with Crippen molar-refractivity contribution in [3.8, 4) is 0 Å². The van der Waals surface area contributed by atoms with E-state index in [1.54, 1.807) is 0 Å². The minimum absolute atomic E-state index is 0.00569. The maximum absolute atomic E-state index is 13.6. The van der Waals surface area contributed by atoms with E-state index >= 15 is 0 Å². The quantitative estimate of drug-likeness (QED) is 0.527. The molecule has 0 saturated carbocycles. The first-order chi connectivity index (χ1) is 9.03. The molecule has 2 atom stereocenters. The van der Waals surface area contributed by atoms with Gasteiger partial charge >= 0.3 is 6.18 Å². The third-order valence-corrected chi connectivity index (χ3v) is 2.78. The van der Waals surface area contributed by atoms with Crippen LogP contribution in [0.25, 0.3) is 0 Å². The zero-order valence-corrected chi connectivity index (χ0v) is 11.8. The lowest BCUT2D eigenvalue weighted by molar-refractivity contribution is -0.0798. The lowest BCUT2D eigenvalue weighted by Gasteiger charge is -2.13. The number of halogens is 4. The molecule has 0 aromatic heterocycles. The zero-order valence-electron chi connectivity index (χ0n) is 11.8. The molecule has 2 N–H and O–H groups in total. The van der Waals surface area contributed by atoms with Crippen molar-refractivity contribution in [2.45, 2.75) is 38.9 Å². The molecule has 0 aliphatic rings. The molecule has 0 bridgehead atoms. The van der Waals surface area contributed by atoms with Gasteiger partial charge in [0.1, 0.15) is 5.83 Å². The van der Waals surface area contributed by atoms with Gasteiger partial charge in [0.25, 0.3) is 0 Å². The Bertz CT molecular complexity index is 403. The van der Waals surface area contributed by atoms with Crippen molar-refractivity contribution in [2.75, 3.05) is 0 Å². The van der Waals surface area contributed by atoms with Crippen LogP contribution in [0.5, 0.6) is 0 Å². The summed E-state index contributed by atoms with van der Waals surface area (Å²) in [5.74, 6) is -0.811. The summed E-state index contributed by atoms with van der Waals surface area (Å²) < 4.78 is 49.5. The van der Waals surface area contributed by atoms with Crippen molar-refractivity contribution in [3.63, 3.8) is 0 Å². The molecule has 0 radical (unpaired) electrons. The second-order valence-corrected chi connectivity index (χ2v) is 4.92. The summed E-state index contributed by atoms with van der Waals surface area (Å²) in [5, 5.41) is 0. The molecule has 0 aliphatic heterocycles. The molecule has 20 heavy (non-hydrogen) atoms. The van der Waals surface area contributed by atoms with Crippen LogP contribution in [0.3, 0.4) is 0 Å². The maximum Gasteiger partial charge on any atom is 0.409 e. The summed E-state index contributed by atoms with van der Waals surface area (Å²) in [7, 11) is 0. The molecule has 0 aromatic rings. The molecule has 0 aliphatic carbocycles. The lowest BCUT2D eigenvalue weighted by atomic mass is 9.94. The van der Waals surface area contributed by atoms with E-state index in [9.17, 15) is 17.6 Å². The van der Waals surface area contributed by atoms with Gasteiger partial charge < -0.3 is 5.73 Å². The topological polar surface area (TPSA) is 26.0 Å². The predicted molar refractivity (Wildman–Crippen MR) is 74.7 cm³/mol. The highest BCUT2D eigenvalue weighted by atomic mass is 19.4. The van der Waals surface area contributed by atoms with Gasteiger partial charge in [-0.25, -0.2) is 4.39 Å². The van der Waals surface area contributed by atoms with Gasteiger partial charge in [-0.3, -0.25) is 0 Å². The Balaban J connectivity index is 4.60. The van der Waals surface area contributed by atoms with E-state index in [-0.39, 0.29) is 23.6 Å². The van der Waals surface area contributed by atoms with E-state index in [1.807, 2.05) is 13.8 Å². The van der Waals surface area contributed by atoms with Gasteiger partial charge in [0.15, 0.2) is 0 Å². The standard InChI is InChI=1S/C15H21F4N/c1-10(5-6-13(4)20)12(3)9-14(16)11(2)7-8-15(17,18)19/h7-10,13H,2-3,5-6,20H2,1,4H3/b8-7+,14-9+. The van der Waals surface area contributed by atoms with E-state index in [0.717, 1.165) is 18.9 Å². The summed E-state index contributed by atoms with van der Waals surface area (Å²) in [6, 6.07) is 0.0451. The smallest absolute Gasteiger partial charge is 0.328 e. The summed E-state index contributed by atoms with van der Waals surface area (Å²) in [5.41, 5.74) is 5.80. The third-order valence-electron chi connectivity index (χ3n) is 2.78. The van der Waals surface area contributed by atoms with E-state index in [1.165, 1.54) is 0 Å². The fraction of sp³-hybridized carbons (Fsp3) is 0.467. The largest absolute Gasteiger partial charge is 0.409 e. The van der Waals surface area contributed by atoms with Crippen LogP contribution in [-0.2, 0) is 0 Å². The van der Waals surface area contributed by atoms with Gasteiger partial charge in [-0.15, -0.1) is 0 Å². The van der Waals surface area contributed by atoms with Crippen molar-refractivity contribution in [2.24, 2.45) is 11.7 Å². The molecule has 0 fully saturated rings. The van der Waals surface area contributed by atoms with Crippen LogP contribution >= 0.6 is 0 Å². The lowest BCUT2D eigenvalue weighted by Crippen LogP contribution is -2.15. The molecule has 114 valence electrons. The Morgan fingerprint density at radius 1 is 1.20 bits per heavy atom. The van der Waals surface area contributed by atoms with Crippen LogP contribution in [0.4, 0.5) is 17.6 Å². The van der Waals surface area contributed by atoms with E-state index in [2.05, 4.69) is 13.2 Å². The molecule has 0 rings (SSSR count). The van der Waals surface area contributed by atoms with Gasteiger partial charge in [0.05, 0.1) is 0 Å². The van der Waals surface area contributed by atoms with Crippen molar-refractivity contribution in [1.29, 1.82) is 0 Å². The van der Waals surface area contributed by atoms with Crippen LogP contribution in [0.2, 0.25) is 0 Å². The number of rotatable bonds is 7. The fourth-order valence-electron chi connectivity index (χ4n) is 1.37. The number of alkyl halides is 3. The predicted octanol–water partition coefficient (Wildman–Crippen LogP) is 4.83. The Labute approximate surface area is 117 Å². The van der Waals surface area contributed by atoms with Crippen LogP contribution in [0.15, 0.2) is 48.4 Å².